The summed E-state index contributed by atoms with van der Waals surface area (Å²) in [6, 6.07) is 17.8. The molecule has 1 atom stereocenters. The highest BCUT2D eigenvalue weighted by atomic mass is 14.9. The van der Waals surface area contributed by atoms with Gasteiger partial charge in [-0.3, -0.25) is 0 Å². The summed E-state index contributed by atoms with van der Waals surface area (Å²) in [5, 5.41) is 3.59. The van der Waals surface area contributed by atoms with Crippen LogP contribution in [-0.4, -0.2) is 6.54 Å². The molecule has 1 nitrogen and oxygen atoms in total. The molecule has 0 saturated carbocycles. The van der Waals surface area contributed by atoms with Crippen LogP contribution >= 0.6 is 0 Å². The zero-order valence-corrected chi connectivity index (χ0v) is 12.1. The number of rotatable bonds is 5. The Balaban J connectivity index is 1.87. The molecular weight excluding hydrogens is 230 g/mol. The molecule has 0 amide bonds. The summed E-state index contributed by atoms with van der Waals surface area (Å²) in [6.07, 6.45) is 1.08. The maximum Gasteiger partial charge on any atom is 0.0292 e. The molecule has 0 saturated heterocycles. The molecule has 0 aliphatic rings. The third-order valence-electron chi connectivity index (χ3n) is 3.74. The lowest BCUT2D eigenvalue weighted by atomic mass is 10.0. The van der Waals surface area contributed by atoms with Gasteiger partial charge in [0.15, 0.2) is 0 Å². The van der Waals surface area contributed by atoms with Crippen molar-refractivity contribution in [1.29, 1.82) is 0 Å². The van der Waals surface area contributed by atoms with Crippen LogP contribution in [0.2, 0.25) is 0 Å². The molecule has 0 aromatic heterocycles. The Morgan fingerprint density at radius 1 is 0.947 bits per heavy atom. The van der Waals surface area contributed by atoms with E-state index in [2.05, 4.69) is 74.6 Å². The molecule has 0 heterocycles. The van der Waals surface area contributed by atoms with E-state index in [1.54, 1.807) is 0 Å². The van der Waals surface area contributed by atoms with Crippen LogP contribution in [0.15, 0.2) is 48.5 Å². The number of hydrogen-bond donors (Lipinski definition) is 1. The Labute approximate surface area is 116 Å². The van der Waals surface area contributed by atoms with E-state index < -0.39 is 0 Å². The summed E-state index contributed by atoms with van der Waals surface area (Å²) in [7, 11) is 0. The third-order valence-corrected chi connectivity index (χ3v) is 3.74. The van der Waals surface area contributed by atoms with E-state index >= 15 is 0 Å². The summed E-state index contributed by atoms with van der Waals surface area (Å²) in [6.45, 7) is 7.58. The number of hydrogen-bond acceptors (Lipinski definition) is 1. The molecule has 1 heteroatoms. The fourth-order valence-electron chi connectivity index (χ4n) is 2.23. The second kappa shape index (κ2) is 6.53. The van der Waals surface area contributed by atoms with Gasteiger partial charge in [0.2, 0.25) is 0 Å². The smallest absolute Gasteiger partial charge is 0.0292 e. The minimum absolute atomic E-state index is 0.406. The lowest BCUT2D eigenvalue weighted by Gasteiger charge is -2.15. The standard InChI is InChI=1S/C18H23N/c1-14-9-10-18(13-15(14)2)16(3)19-12-11-17-7-5-4-6-8-17/h4-10,13,16,19H,11-12H2,1-3H3. The summed E-state index contributed by atoms with van der Waals surface area (Å²) in [5.41, 5.74) is 5.49. The number of nitrogens with one attached hydrogen (secondary N) is 1. The summed E-state index contributed by atoms with van der Waals surface area (Å²) in [4.78, 5) is 0. The van der Waals surface area contributed by atoms with E-state index in [0.29, 0.717) is 6.04 Å². The first-order chi connectivity index (χ1) is 9.16. The highest BCUT2D eigenvalue weighted by Gasteiger charge is 2.05. The van der Waals surface area contributed by atoms with E-state index in [1.165, 1.54) is 22.3 Å². The molecule has 2 aromatic rings. The van der Waals surface area contributed by atoms with Gasteiger partial charge in [-0.25, -0.2) is 0 Å². The van der Waals surface area contributed by atoms with E-state index in [-0.39, 0.29) is 0 Å². The van der Waals surface area contributed by atoms with Crippen molar-refractivity contribution in [1.82, 2.24) is 5.32 Å². The van der Waals surface area contributed by atoms with Gasteiger partial charge in [-0.05, 0) is 56.0 Å². The van der Waals surface area contributed by atoms with Crippen LogP contribution in [0.1, 0.15) is 35.2 Å². The Morgan fingerprint density at radius 3 is 2.37 bits per heavy atom. The van der Waals surface area contributed by atoms with E-state index in [9.17, 15) is 0 Å². The van der Waals surface area contributed by atoms with Gasteiger partial charge in [-0.1, -0.05) is 48.5 Å². The van der Waals surface area contributed by atoms with Crippen molar-refractivity contribution in [3.63, 3.8) is 0 Å². The Hall–Kier alpha value is -1.60. The van der Waals surface area contributed by atoms with E-state index in [4.69, 9.17) is 0 Å². The highest BCUT2D eigenvalue weighted by molar-refractivity contribution is 5.31. The van der Waals surface area contributed by atoms with Crippen molar-refractivity contribution in [3.05, 3.63) is 70.8 Å². The molecule has 0 radical (unpaired) electrons. The first-order valence-electron chi connectivity index (χ1n) is 7.01. The van der Waals surface area contributed by atoms with Gasteiger partial charge in [0.1, 0.15) is 0 Å². The van der Waals surface area contributed by atoms with Crippen LogP contribution in [-0.2, 0) is 6.42 Å². The first-order valence-corrected chi connectivity index (χ1v) is 7.01. The maximum atomic E-state index is 3.59. The highest BCUT2D eigenvalue weighted by Crippen LogP contribution is 2.16. The van der Waals surface area contributed by atoms with Crippen molar-refractivity contribution >= 4 is 0 Å². The summed E-state index contributed by atoms with van der Waals surface area (Å²) >= 11 is 0. The van der Waals surface area contributed by atoms with Crippen LogP contribution in [0.3, 0.4) is 0 Å². The summed E-state index contributed by atoms with van der Waals surface area (Å²) in [5.74, 6) is 0. The molecule has 1 N–H and O–H groups in total. The van der Waals surface area contributed by atoms with Crippen LogP contribution in [0.25, 0.3) is 0 Å². The van der Waals surface area contributed by atoms with Crippen LogP contribution in [0.4, 0.5) is 0 Å². The van der Waals surface area contributed by atoms with Gasteiger partial charge in [-0.2, -0.15) is 0 Å². The van der Waals surface area contributed by atoms with Gasteiger partial charge in [0, 0.05) is 6.04 Å². The largest absolute Gasteiger partial charge is 0.310 e. The molecule has 100 valence electrons. The predicted octanol–water partition coefficient (Wildman–Crippen LogP) is 4.20. The van der Waals surface area contributed by atoms with E-state index in [1.807, 2.05) is 0 Å². The van der Waals surface area contributed by atoms with Gasteiger partial charge < -0.3 is 5.32 Å². The van der Waals surface area contributed by atoms with Gasteiger partial charge in [-0.15, -0.1) is 0 Å². The van der Waals surface area contributed by atoms with Gasteiger partial charge in [0.25, 0.3) is 0 Å². The average molecular weight is 253 g/mol. The number of aryl methyl sites for hydroxylation is 2. The number of benzene rings is 2. The first kappa shape index (κ1) is 13.8. The fourth-order valence-corrected chi connectivity index (χ4v) is 2.23. The molecule has 2 rings (SSSR count). The lowest BCUT2D eigenvalue weighted by Crippen LogP contribution is -2.21. The SMILES string of the molecule is Cc1ccc(C(C)NCCc2ccccc2)cc1C. The topological polar surface area (TPSA) is 12.0 Å². The zero-order valence-electron chi connectivity index (χ0n) is 12.1. The molecule has 19 heavy (non-hydrogen) atoms. The van der Waals surface area contributed by atoms with Crippen LogP contribution in [0.5, 0.6) is 0 Å². The average Bonchev–Trinajstić information content (AvgIpc) is 2.43. The maximum absolute atomic E-state index is 3.59. The molecule has 2 aromatic carbocycles. The molecule has 0 aliphatic heterocycles. The van der Waals surface area contributed by atoms with Crippen LogP contribution < -0.4 is 5.32 Å². The normalized spacial score (nSPS) is 12.4. The molecule has 1 unspecified atom stereocenters. The van der Waals surface area contributed by atoms with Crippen molar-refractivity contribution in [2.24, 2.45) is 0 Å². The zero-order chi connectivity index (χ0) is 13.7. The van der Waals surface area contributed by atoms with Crippen molar-refractivity contribution in [2.45, 2.75) is 33.2 Å². The molecule has 0 aliphatic carbocycles. The molecular formula is C18H23N. The van der Waals surface area contributed by atoms with Crippen molar-refractivity contribution in [3.8, 4) is 0 Å². The van der Waals surface area contributed by atoms with E-state index in [0.717, 1.165) is 13.0 Å². The molecule has 0 fully saturated rings. The van der Waals surface area contributed by atoms with Crippen molar-refractivity contribution < 1.29 is 0 Å². The predicted molar refractivity (Wildman–Crippen MR) is 82.5 cm³/mol. The molecule has 0 spiro atoms. The Morgan fingerprint density at radius 2 is 1.68 bits per heavy atom. The fraction of sp³-hybridized carbons (Fsp3) is 0.333. The minimum Gasteiger partial charge on any atom is -0.310 e. The second-order valence-electron chi connectivity index (χ2n) is 5.26. The Kier molecular flexibility index (Phi) is 4.75. The minimum atomic E-state index is 0.406. The van der Waals surface area contributed by atoms with Crippen LogP contribution in [0, 0.1) is 13.8 Å². The lowest BCUT2D eigenvalue weighted by molar-refractivity contribution is 0.576. The quantitative estimate of drug-likeness (QED) is 0.842. The molecule has 0 bridgehead atoms. The van der Waals surface area contributed by atoms with Crippen molar-refractivity contribution in [2.75, 3.05) is 6.54 Å². The van der Waals surface area contributed by atoms with Gasteiger partial charge in [0.05, 0.1) is 0 Å². The third kappa shape index (κ3) is 3.93. The summed E-state index contributed by atoms with van der Waals surface area (Å²) < 4.78 is 0. The Bertz CT molecular complexity index is 516. The monoisotopic (exact) mass is 253 g/mol. The van der Waals surface area contributed by atoms with Gasteiger partial charge >= 0.3 is 0 Å². The second-order valence-corrected chi connectivity index (χ2v) is 5.26.